The molecule has 0 aliphatic rings. The molecule has 6 nitrogen and oxygen atoms in total. The van der Waals surface area contributed by atoms with Gasteiger partial charge in [0.25, 0.3) is 0 Å². The lowest BCUT2D eigenvalue weighted by Crippen LogP contribution is -2.24. The van der Waals surface area contributed by atoms with E-state index in [-0.39, 0.29) is 23.0 Å². The number of ketones is 1. The van der Waals surface area contributed by atoms with E-state index in [4.69, 9.17) is 0 Å². The topological polar surface area (TPSA) is 76.9 Å². The molecule has 0 saturated carbocycles. The van der Waals surface area contributed by atoms with Gasteiger partial charge in [-0.25, -0.2) is 0 Å². The van der Waals surface area contributed by atoms with E-state index in [0.717, 1.165) is 0 Å². The van der Waals surface area contributed by atoms with Gasteiger partial charge in [0, 0.05) is 11.6 Å². The second kappa shape index (κ2) is 7.41. The molecule has 0 unspecified atom stereocenters. The molecule has 1 aromatic carbocycles. The maximum absolute atomic E-state index is 12.4. The summed E-state index contributed by atoms with van der Waals surface area (Å²) in [6.07, 6.45) is 1.66. The number of anilines is 1. The average Bonchev–Trinajstić information content (AvgIpc) is 2.95. The van der Waals surface area contributed by atoms with Crippen LogP contribution in [-0.2, 0) is 4.79 Å². The van der Waals surface area contributed by atoms with Gasteiger partial charge in [-0.05, 0) is 39.8 Å². The minimum Gasteiger partial charge on any atom is -0.324 e. The number of amides is 1. The summed E-state index contributed by atoms with van der Waals surface area (Å²) in [5.74, 6) is -0.261. The predicted molar refractivity (Wildman–Crippen MR) is 90.8 cm³/mol. The Bertz CT molecular complexity index is 712. The summed E-state index contributed by atoms with van der Waals surface area (Å²) < 4.78 is 1.91. The van der Waals surface area contributed by atoms with Crippen molar-refractivity contribution in [3.8, 4) is 0 Å². The predicted octanol–water partition coefficient (Wildman–Crippen LogP) is 3.18. The molecule has 0 bridgehead atoms. The first-order valence-electron chi connectivity index (χ1n) is 7.37. The SMILES string of the molecule is CC(=O)c1ccccc1NC(=O)[C@H](C)Sc1nncn1C(C)C. The second-order valence-electron chi connectivity index (χ2n) is 5.47. The number of hydrogen-bond donors (Lipinski definition) is 1. The van der Waals surface area contributed by atoms with E-state index in [2.05, 4.69) is 15.5 Å². The van der Waals surface area contributed by atoms with Crippen LogP contribution in [0.15, 0.2) is 35.7 Å². The number of thioether (sulfide) groups is 1. The van der Waals surface area contributed by atoms with Crippen LogP contribution >= 0.6 is 11.8 Å². The van der Waals surface area contributed by atoms with E-state index >= 15 is 0 Å². The number of carbonyl (C=O) groups excluding carboxylic acids is 2. The van der Waals surface area contributed by atoms with Crippen LogP contribution in [0.5, 0.6) is 0 Å². The average molecular weight is 332 g/mol. The molecule has 122 valence electrons. The Kier molecular flexibility index (Phi) is 5.54. The molecule has 1 N–H and O–H groups in total. The van der Waals surface area contributed by atoms with Gasteiger partial charge in [0.1, 0.15) is 6.33 Å². The number of aromatic nitrogens is 3. The van der Waals surface area contributed by atoms with Crippen LogP contribution in [0.4, 0.5) is 5.69 Å². The van der Waals surface area contributed by atoms with Crippen LogP contribution in [0.1, 0.15) is 44.1 Å². The number of rotatable bonds is 6. The third kappa shape index (κ3) is 4.19. The third-order valence-electron chi connectivity index (χ3n) is 3.31. The van der Waals surface area contributed by atoms with Crippen molar-refractivity contribution in [3.05, 3.63) is 36.2 Å². The Morgan fingerprint density at radius 3 is 2.57 bits per heavy atom. The van der Waals surface area contributed by atoms with Gasteiger partial charge in [-0.2, -0.15) is 0 Å². The number of Topliss-reactive ketones (excluding diaryl/α,β-unsaturated/α-hetero) is 1. The quantitative estimate of drug-likeness (QED) is 0.649. The number of nitrogens with zero attached hydrogens (tertiary/aromatic N) is 3. The van der Waals surface area contributed by atoms with Gasteiger partial charge in [0.15, 0.2) is 10.9 Å². The van der Waals surface area contributed by atoms with Gasteiger partial charge < -0.3 is 9.88 Å². The lowest BCUT2D eigenvalue weighted by molar-refractivity contribution is -0.115. The molecule has 0 aliphatic carbocycles. The zero-order valence-corrected chi connectivity index (χ0v) is 14.4. The molecule has 1 atom stereocenters. The molecule has 0 saturated heterocycles. The Hall–Kier alpha value is -2.15. The molecule has 2 rings (SSSR count). The molecule has 1 heterocycles. The summed E-state index contributed by atoms with van der Waals surface area (Å²) in [5.41, 5.74) is 1.03. The van der Waals surface area contributed by atoms with Crippen LogP contribution in [0.3, 0.4) is 0 Å². The lowest BCUT2D eigenvalue weighted by atomic mass is 10.1. The minimum atomic E-state index is -0.364. The molecule has 23 heavy (non-hydrogen) atoms. The molecule has 0 fully saturated rings. The summed E-state index contributed by atoms with van der Waals surface area (Å²) in [6, 6.07) is 7.21. The highest BCUT2D eigenvalue weighted by Gasteiger charge is 2.20. The fraction of sp³-hybridized carbons (Fsp3) is 0.375. The largest absolute Gasteiger partial charge is 0.324 e. The van der Waals surface area contributed by atoms with Gasteiger partial charge in [-0.1, -0.05) is 23.9 Å². The van der Waals surface area contributed by atoms with Crippen molar-refractivity contribution >= 4 is 29.1 Å². The molecular formula is C16H20N4O2S. The number of hydrogen-bond acceptors (Lipinski definition) is 5. The van der Waals surface area contributed by atoms with Crippen molar-refractivity contribution in [1.29, 1.82) is 0 Å². The van der Waals surface area contributed by atoms with Crippen molar-refractivity contribution in [2.75, 3.05) is 5.32 Å². The molecule has 0 spiro atoms. The summed E-state index contributed by atoms with van der Waals surface area (Å²) in [5, 5.41) is 11.1. The molecule has 2 aromatic rings. The molecule has 0 radical (unpaired) electrons. The van der Waals surface area contributed by atoms with E-state index in [1.165, 1.54) is 18.7 Å². The van der Waals surface area contributed by atoms with E-state index in [1.807, 2.05) is 18.4 Å². The highest BCUT2D eigenvalue weighted by molar-refractivity contribution is 8.00. The zero-order chi connectivity index (χ0) is 17.0. The normalized spacial score (nSPS) is 12.2. The Labute approximate surface area is 139 Å². The van der Waals surface area contributed by atoms with Gasteiger partial charge in [-0.3, -0.25) is 9.59 Å². The Morgan fingerprint density at radius 2 is 1.91 bits per heavy atom. The summed E-state index contributed by atoms with van der Waals surface area (Å²) in [4.78, 5) is 24.0. The van der Waals surface area contributed by atoms with E-state index in [0.29, 0.717) is 16.4 Å². The molecular weight excluding hydrogens is 312 g/mol. The summed E-state index contributed by atoms with van der Waals surface area (Å²) in [6.45, 7) is 7.34. The van der Waals surface area contributed by atoms with E-state index in [9.17, 15) is 9.59 Å². The molecule has 7 heteroatoms. The highest BCUT2D eigenvalue weighted by Crippen LogP contribution is 2.25. The fourth-order valence-electron chi connectivity index (χ4n) is 2.02. The maximum Gasteiger partial charge on any atom is 0.237 e. The van der Waals surface area contributed by atoms with Crippen LogP contribution in [0.2, 0.25) is 0 Å². The smallest absolute Gasteiger partial charge is 0.237 e. The van der Waals surface area contributed by atoms with Crippen LogP contribution in [0.25, 0.3) is 0 Å². The van der Waals surface area contributed by atoms with Crippen molar-refractivity contribution < 1.29 is 9.59 Å². The number of benzene rings is 1. The van der Waals surface area contributed by atoms with E-state index < -0.39 is 0 Å². The van der Waals surface area contributed by atoms with Crippen molar-refractivity contribution in [3.63, 3.8) is 0 Å². The molecule has 1 amide bonds. The van der Waals surface area contributed by atoms with Crippen LogP contribution in [0, 0.1) is 0 Å². The monoisotopic (exact) mass is 332 g/mol. The van der Waals surface area contributed by atoms with Gasteiger partial charge >= 0.3 is 0 Å². The highest BCUT2D eigenvalue weighted by atomic mass is 32.2. The zero-order valence-electron chi connectivity index (χ0n) is 13.6. The van der Waals surface area contributed by atoms with Crippen LogP contribution < -0.4 is 5.32 Å². The number of nitrogens with one attached hydrogen (secondary N) is 1. The maximum atomic E-state index is 12.4. The van der Waals surface area contributed by atoms with Crippen molar-refractivity contribution in [2.45, 2.75) is 44.1 Å². The standard InChI is InChI=1S/C16H20N4O2S/c1-10(2)20-9-17-19-16(20)23-12(4)15(22)18-14-8-6-5-7-13(14)11(3)21/h5-10,12H,1-4H3,(H,18,22)/t12-/m0/s1. The van der Waals surface area contributed by atoms with Crippen molar-refractivity contribution in [1.82, 2.24) is 14.8 Å². The first-order valence-corrected chi connectivity index (χ1v) is 8.25. The first-order chi connectivity index (χ1) is 10.9. The fourth-order valence-corrected chi connectivity index (χ4v) is 2.97. The molecule has 0 aliphatic heterocycles. The second-order valence-corrected chi connectivity index (χ2v) is 6.77. The first kappa shape index (κ1) is 17.2. The minimum absolute atomic E-state index is 0.0826. The van der Waals surface area contributed by atoms with E-state index in [1.54, 1.807) is 37.5 Å². The van der Waals surface area contributed by atoms with Crippen molar-refractivity contribution in [2.24, 2.45) is 0 Å². The number of para-hydroxylation sites is 1. The van der Waals surface area contributed by atoms with Crippen LogP contribution in [-0.4, -0.2) is 31.7 Å². The molecule has 1 aromatic heterocycles. The third-order valence-corrected chi connectivity index (χ3v) is 4.38. The van der Waals surface area contributed by atoms with Gasteiger partial charge in [0.05, 0.1) is 10.9 Å². The Balaban J connectivity index is 2.09. The number of carbonyl (C=O) groups is 2. The summed E-state index contributed by atoms with van der Waals surface area (Å²) in [7, 11) is 0. The lowest BCUT2D eigenvalue weighted by Gasteiger charge is -2.15. The van der Waals surface area contributed by atoms with Gasteiger partial charge in [-0.15, -0.1) is 10.2 Å². The summed E-state index contributed by atoms with van der Waals surface area (Å²) >= 11 is 1.34. The Morgan fingerprint density at radius 1 is 1.22 bits per heavy atom. The van der Waals surface area contributed by atoms with Gasteiger partial charge in [0.2, 0.25) is 5.91 Å².